The van der Waals surface area contributed by atoms with Crippen LogP contribution in [0.5, 0.6) is 0 Å². The third-order valence-electron chi connectivity index (χ3n) is 5.82. The summed E-state index contributed by atoms with van der Waals surface area (Å²) in [5, 5.41) is 3.98. The van der Waals surface area contributed by atoms with Crippen molar-refractivity contribution in [1.82, 2.24) is 14.3 Å². The Morgan fingerprint density at radius 3 is 2.50 bits per heavy atom. The number of urea groups is 1. The van der Waals surface area contributed by atoms with Gasteiger partial charge >= 0.3 is 6.03 Å². The molecule has 0 aliphatic carbocycles. The average Bonchev–Trinajstić information content (AvgIpc) is 3.10. The molecule has 0 radical (unpaired) electrons. The largest absolute Gasteiger partial charge is 0.345 e. The van der Waals surface area contributed by atoms with Gasteiger partial charge < -0.3 is 15.1 Å². The zero-order valence-electron chi connectivity index (χ0n) is 19.0. The quantitative estimate of drug-likeness (QED) is 0.574. The molecular formula is C25H31N5OS. The van der Waals surface area contributed by atoms with E-state index >= 15 is 0 Å². The summed E-state index contributed by atoms with van der Waals surface area (Å²) in [7, 11) is 0. The van der Waals surface area contributed by atoms with Crippen LogP contribution < -0.4 is 10.2 Å². The number of rotatable bonds is 5. The fourth-order valence-electron chi connectivity index (χ4n) is 3.80. The zero-order chi connectivity index (χ0) is 22.5. The molecule has 1 aromatic heterocycles. The Kier molecular flexibility index (Phi) is 7.05. The molecule has 1 saturated heterocycles. The first-order chi connectivity index (χ1) is 15.5. The van der Waals surface area contributed by atoms with Gasteiger partial charge in [0.25, 0.3) is 0 Å². The summed E-state index contributed by atoms with van der Waals surface area (Å²) < 4.78 is 4.57. The van der Waals surface area contributed by atoms with Crippen molar-refractivity contribution >= 4 is 28.4 Å². The van der Waals surface area contributed by atoms with Crippen molar-refractivity contribution in [2.75, 3.05) is 36.4 Å². The van der Waals surface area contributed by atoms with E-state index in [1.165, 1.54) is 28.2 Å². The molecule has 1 aliphatic heterocycles. The molecule has 2 heterocycles. The Labute approximate surface area is 194 Å². The molecule has 168 valence electrons. The molecule has 32 heavy (non-hydrogen) atoms. The summed E-state index contributed by atoms with van der Waals surface area (Å²) in [4.78, 5) is 21.7. The SMILES string of the molecule is Cc1ccc(Cc2nsc(N3CCCN(C(=O)Nc4ccc(C(C)C)cc4)CC3)n2)cc1. The molecule has 0 unspecified atom stereocenters. The molecule has 1 N–H and O–H groups in total. The van der Waals surface area contributed by atoms with E-state index in [4.69, 9.17) is 4.98 Å². The van der Waals surface area contributed by atoms with Crippen LogP contribution in [0, 0.1) is 6.92 Å². The van der Waals surface area contributed by atoms with Gasteiger partial charge in [0, 0.05) is 49.8 Å². The van der Waals surface area contributed by atoms with E-state index in [9.17, 15) is 4.79 Å². The lowest BCUT2D eigenvalue weighted by molar-refractivity contribution is 0.215. The first kappa shape index (κ1) is 22.3. The number of aromatic nitrogens is 2. The molecular weight excluding hydrogens is 418 g/mol. The van der Waals surface area contributed by atoms with E-state index in [0.717, 1.165) is 49.1 Å². The van der Waals surface area contributed by atoms with Crippen molar-refractivity contribution in [3.63, 3.8) is 0 Å². The number of amides is 2. The van der Waals surface area contributed by atoms with Crippen molar-refractivity contribution in [3.8, 4) is 0 Å². The number of carbonyl (C=O) groups is 1. The van der Waals surface area contributed by atoms with Crippen LogP contribution in [-0.4, -0.2) is 46.5 Å². The Balaban J connectivity index is 1.32. The zero-order valence-corrected chi connectivity index (χ0v) is 19.9. The molecule has 0 atom stereocenters. The maximum absolute atomic E-state index is 12.8. The highest BCUT2D eigenvalue weighted by Crippen LogP contribution is 2.22. The van der Waals surface area contributed by atoms with Crippen molar-refractivity contribution < 1.29 is 4.79 Å². The molecule has 1 aliphatic rings. The first-order valence-electron chi connectivity index (χ1n) is 11.3. The molecule has 4 rings (SSSR count). The second-order valence-corrected chi connectivity index (χ2v) is 9.42. The number of anilines is 2. The second kappa shape index (κ2) is 10.1. The van der Waals surface area contributed by atoms with E-state index in [-0.39, 0.29) is 6.03 Å². The number of benzene rings is 2. The fraction of sp³-hybridized carbons (Fsp3) is 0.400. The standard InChI is InChI=1S/C25H31N5OS/c1-18(2)21-9-11-22(12-10-21)26-24(31)29-13-4-14-30(16-15-29)25-27-23(28-32-25)17-20-7-5-19(3)6-8-20/h5-12,18H,4,13-17H2,1-3H3,(H,26,31). The van der Waals surface area contributed by atoms with Crippen LogP contribution in [0.1, 0.15) is 48.7 Å². The maximum Gasteiger partial charge on any atom is 0.321 e. The topological polar surface area (TPSA) is 61.4 Å². The van der Waals surface area contributed by atoms with Gasteiger partial charge in [-0.15, -0.1) is 0 Å². The van der Waals surface area contributed by atoms with E-state index in [0.29, 0.717) is 12.5 Å². The number of carbonyl (C=O) groups excluding carboxylic acids is 1. The third kappa shape index (κ3) is 5.65. The number of hydrogen-bond donors (Lipinski definition) is 1. The Hall–Kier alpha value is -2.93. The third-order valence-corrected chi connectivity index (χ3v) is 6.64. The predicted octanol–water partition coefficient (Wildman–Crippen LogP) is 5.30. The molecule has 0 saturated carbocycles. The van der Waals surface area contributed by atoms with E-state index in [1.807, 2.05) is 17.0 Å². The molecule has 2 amide bonds. The first-order valence-corrected chi connectivity index (χ1v) is 12.0. The minimum absolute atomic E-state index is 0.0403. The van der Waals surface area contributed by atoms with Crippen LogP contribution in [0.4, 0.5) is 15.6 Å². The smallest absolute Gasteiger partial charge is 0.321 e. The van der Waals surface area contributed by atoms with Crippen LogP contribution in [0.25, 0.3) is 0 Å². The molecule has 1 fully saturated rings. The predicted molar refractivity (Wildman–Crippen MR) is 132 cm³/mol. The number of nitrogens with zero attached hydrogens (tertiary/aromatic N) is 4. The lowest BCUT2D eigenvalue weighted by Crippen LogP contribution is -2.38. The summed E-state index contributed by atoms with van der Waals surface area (Å²) >= 11 is 1.45. The Morgan fingerprint density at radius 1 is 1.03 bits per heavy atom. The molecule has 0 spiro atoms. The maximum atomic E-state index is 12.8. The van der Waals surface area contributed by atoms with Crippen LogP contribution >= 0.6 is 11.5 Å². The van der Waals surface area contributed by atoms with Gasteiger partial charge in [-0.25, -0.2) is 9.78 Å². The Morgan fingerprint density at radius 2 is 1.78 bits per heavy atom. The van der Waals surface area contributed by atoms with Crippen molar-refractivity contribution in [2.45, 2.75) is 39.5 Å². The van der Waals surface area contributed by atoms with Crippen LogP contribution in [0.2, 0.25) is 0 Å². The molecule has 7 heteroatoms. The van der Waals surface area contributed by atoms with Crippen molar-refractivity contribution in [3.05, 3.63) is 71.0 Å². The van der Waals surface area contributed by atoms with Crippen molar-refractivity contribution in [2.24, 2.45) is 0 Å². The number of hydrogen-bond acceptors (Lipinski definition) is 5. The normalized spacial score (nSPS) is 14.5. The van der Waals surface area contributed by atoms with E-state index < -0.39 is 0 Å². The van der Waals surface area contributed by atoms with Crippen LogP contribution in [0.15, 0.2) is 48.5 Å². The van der Waals surface area contributed by atoms with Gasteiger partial charge in [0.2, 0.25) is 5.13 Å². The van der Waals surface area contributed by atoms with Crippen LogP contribution in [0.3, 0.4) is 0 Å². The lowest BCUT2D eigenvalue weighted by atomic mass is 10.0. The highest BCUT2D eigenvalue weighted by Gasteiger charge is 2.21. The summed E-state index contributed by atoms with van der Waals surface area (Å²) in [6, 6.07) is 16.6. The minimum Gasteiger partial charge on any atom is -0.345 e. The van der Waals surface area contributed by atoms with E-state index in [2.05, 4.69) is 71.8 Å². The molecule has 6 nitrogen and oxygen atoms in total. The second-order valence-electron chi connectivity index (χ2n) is 8.69. The summed E-state index contributed by atoms with van der Waals surface area (Å²) in [5.41, 5.74) is 4.59. The number of nitrogens with one attached hydrogen (secondary N) is 1. The van der Waals surface area contributed by atoms with Crippen molar-refractivity contribution in [1.29, 1.82) is 0 Å². The number of aryl methyl sites for hydroxylation is 1. The van der Waals surface area contributed by atoms with E-state index in [1.54, 1.807) is 0 Å². The fourth-order valence-corrected chi connectivity index (χ4v) is 4.54. The van der Waals surface area contributed by atoms with Gasteiger partial charge in [-0.05, 0) is 42.5 Å². The highest BCUT2D eigenvalue weighted by atomic mass is 32.1. The van der Waals surface area contributed by atoms with Gasteiger partial charge in [0.05, 0.1) is 0 Å². The summed E-state index contributed by atoms with van der Waals surface area (Å²) in [5.74, 6) is 1.34. The van der Waals surface area contributed by atoms with Gasteiger partial charge in [-0.1, -0.05) is 55.8 Å². The summed E-state index contributed by atoms with van der Waals surface area (Å²) in [6.07, 6.45) is 1.65. The molecule has 0 bridgehead atoms. The lowest BCUT2D eigenvalue weighted by Gasteiger charge is -2.22. The van der Waals surface area contributed by atoms with Gasteiger partial charge in [0.1, 0.15) is 5.82 Å². The van der Waals surface area contributed by atoms with Gasteiger partial charge in [0.15, 0.2) is 0 Å². The molecule has 3 aromatic rings. The van der Waals surface area contributed by atoms with Crippen LogP contribution in [-0.2, 0) is 6.42 Å². The van der Waals surface area contributed by atoms with Gasteiger partial charge in [-0.2, -0.15) is 4.37 Å². The minimum atomic E-state index is -0.0403. The summed E-state index contributed by atoms with van der Waals surface area (Å²) in [6.45, 7) is 9.48. The molecule has 2 aromatic carbocycles. The monoisotopic (exact) mass is 449 g/mol. The van der Waals surface area contributed by atoms with Gasteiger partial charge in [-0.3, -0.25) is 0 Å². The highest BCUT2D eigenvalue weighted by molar-refractivity contribution is 7.09. The Bertz CT molecular complexity index is 1030. The average molecular weight is 450 g/mol.